The van der Waals surface area contributed by atoms with Crippen molar-refractivity contribution in [2.45, 2.75) is 26.2 Å². The van der Waals surface area contributed by atoms with Crippen LogP contribution in [0.25, 0.3) is 6.08 Å². The van der Waals surface area contributed by atoms with Gasteiger partial charge in [-0.05, 0) is 41.0 Å². The van der Waals surface area contributed by atoms with Crippen molar-refractivity contribution in [1.82, 2.24) is 5.32 Å². The first-order valence-electron chi connectivity index (χ1n) is 7.23. The van der Waals surface area contributed by atoms with Crippen molar-refractivity contribution in [3.05, 3.63) is 63.9 Å². The lowest BCUT2D eigenvalue weighted by molar-refractivity contribution is -0.116. The fourth-order valence-corrected chi connectivity index (χ4v) is 2.70. The quantitative estimate of drug-likeness (QED) is 0.794. The minimum absolute atomic E-state index is 0.0421. The Bertz CT molecular complexity index is 582. The van der Waals surface area contributed by atoms with Crippen LogP contribution in [0, 0.1) is 0 Å². The fraction of sp³-hybridized carbons (Fsp3) is 0.278. The molecule has 1 aromatic carbocycles. The number of hydrogen-bond donors (Lipinski definition) is 1. The maximum Gasteiger partial charge on any atom is 0.244 e. The molecule has 0 atom stereocenters. The van der Waals surface area contributed by atoms with Gasteiger partial charge in [-0.3, -0.25) is 4.79 Å². The van der Waals surface area contributed by atoms with Crippen LogP contribution < -0.4 is 5.32 Å². The van der Waals surface area contributed by atoms with Crippen LogP contribution in [-0.4, -0.2) is 12.5 Å². The molecule has 0 saturated carbocycles. The molecule has 1 amide bonds. The zero-order valence-corrected chi connectivity index (χ0v) is 13.3. The maximum absolute atomic E-state index is 11.7. The van der Waals surface area contributed by atoms with Gasteiger partial charge in [-0.15, -0.1) is 11.3 Å². The Morgan fingerprint density at radius 3 is 2.62 bits per heavy atom. The third kappa shape index (κ3) is 5.20. The molecule has 1 aromatic heterocycles. The predicted molar refractivity (Wildman–Crippen MR) is 90.6 cm³/mol. The highest BCUT2D eigenvalue weighted by Crippen LogP contribution is 2.15. The summed E-state index contributed by atoms with van der Waals surface area (Å²) in [6, 6.07) is 12.4. The Hall–Kier alpha value is -1.87. The van der Waals surface area contributed by atoms with Crippen molar-refractivity contribution in [3.63, 3.8) is 0 Å². The molecule has 0 aliphatic carbocycles. The van der Waals surface area contributed by atoms with E-state index in [9.17, 15) is 4.79 Å². The van der Waals surface area contributed by atoms with E-state index in [4.69, 9.17) is 0 Å². The molecule has 2 aromatic rings. The number of benzene rings is 1. The molecular formula is C18H21NOS. The van der Waals surface area contributed by atoms with Crippen molar-refractivity contribution in [1.29, 1.82) is 0 Å². The normalized spacial score (nSPS) is 11.2. The van der Waals surface area contributed by atoms with Gasteiger partial charge in [0.25, 0.3) is 0 Å². The molecule has 110 valence electrons. The summed E-state index contributed by atoms with van der Waals surface area (Å²) in [6.45, 7) is 5.02. The molecule has 2 rings (SSSR count). The molecule has 0 spiro atoms. The van der Waals surface area contributed by atoms with Gasteiger partial charge in [-0.2, -0.15) is 0 Å². The summed E-state index contributed by atoms with van der Waals surface area (Å²) in [7, 11) is 0. The molecule has 1 heterocycles. The molecule has 2 nitrogen and oxygen atoms in total. The van der Waals surface area contributed by atoms with Crippen LogP contribution in [0.4, 0.5) is 0 Å². The Morgan fingerprint density at radius 2 is 2.00 bits per heavy atom. The SMILES string of the molecule is CC(C)c1ccc(/C=C/C(=O)NCCc2cccs2)cc1. The summed E-state index contributed by atoms with van der Waals surface area (Å²) in [5.41, 5.74) is 2.36. The molecule has 0 aliphatic heterocycles. The van der Waals surface area contributed by atoms with Crippen LogP contribution in [0.5, 0.6) is 0 Å². The Balaban J connectivity index is 1.78. The first kappa shape index (κ1) is 15.5. The topological polar surface area (TPSA) is 29.1 Å². The second kappa shape index (κ2) is 7.79. The van der Waals surface area contributed by atoms with Crippen LogP contribution >= 0.6 is 11.3 Å². The molecular weight excluding hydrogens is 278 g/mol. The Kier molecular flexibility index (Phi) is 5.76. The highest BCUT2D eigenvalue weighted by Gasteiger charge is 1.99. The molecule has 0 radical (unpaired) electrons. The molecule has 21 heavy (non-hydrogen) atoms. The number of hydrogen-bond acceptors (Lipinski definition) is 2. The second-order valence-electron chi connectivity index (χ2n) is 5.28. The predicted octanol–water partition coefficient (Wildman–Crippen LogP) is 4.24. The number of carbonyl (C=O) groups excluding carboxylic acids is 1. The van der Waals surface area contributed by atoms with E-state index < -0.39 is 0 Å². The number of nitrogens with one attached hydrogen (secondary N) is 1. The maximum atomic E-state index is 11.7. The van der Waals surface area contributed by atoms with Gasteiger partial charge in [0, 0.05) is 17.5 Å². The van der Waals surface area contributed by atoms with Crippen LogP contribution in [-0.2, 0) is 11.2 Å². The third-order valence-corrected chi connectivity index (χ3v) is 4.22. The first-order valence-corrected chi connectivity index (χ1v) is 8.11. The van der Waals surface area contributed by atoms with Gasteiger partial charge in [-0.1, -0.05) is 44.2 Å². The second-order valence-corrected chi connectivity index (χ2v) is 6.31. The average molecular weight is 299 g/mol. The van der Waals surface area contributed by atoms with Crippen molar-refractivity contribution >= 4 is 23.3 Å². The highest BCUT2D eigenvalue weighted by molar-refractivity contribution is 7.09. The van der Waals surface area contributed by atoms with Gasteiger partial charge in [0.05, 0.1) is 0 Å². The molecule has 0 unspecified atom stereocenters. The minimum Gasteiger partial charge on any atom is -0.352 e. The molecule has 1 N–H and O–H groups in total. The van der Waals surface area contributed by atoms with Crippen molar-refractivity contribution in [3.8, 4) is 0 Å². The average Bonchev–Trinajstić information content (AvgIpc) is 2.99. The lowest BCUT2D eigenvalue weighted by Crippen LogP contribution is -2.23. The van der Waals surface area contributed by atoms with Gasteiger partial charge in [0.1, 0.15) is 0 Å². The largest absolute Gasteiger partial charge is 0.352 e. The van der Waals surface area contributed by atoms with E-state index in [0.717, 1.165) is 12.0 Å². The van der Waals surface area contributed by atoms with Crippen LogP contribution in [0.2, 0.25) is 0 Å². The van der Waals surface area contributed by atoms with Crippen LogP contribution in [0.15, 0.2) is 47.9 Å². The molecule has 0 saturated heterocycles. The summed E-state index contributed by atoms with van der Waals surface area (Å²) in [6.07, 6.45) is 4.34. The molecule has 0 fully saturated rings. The van der Waals surface area contributed by atoms with Crippen LogP contribution in [0.3, 0.4) is 0 Å². The zero-order valence-electron chi connectivity index (χ0n) is 12.5. The van der Waals surface area contributed by atoms with Gasteiger partial charge < -0.3 is 5.32 Å². The smallest absolute Gasteiger partial charge is 0.244 e. The molecule has 0 bridgehead atoms. The number of thiophene rings is 1. The number of rotatable bonds is 6. The van der Waals surface area contributed by atoms with E-state index in [-0.39, 0.29) is 5.91 Å². The monoisotopic (exact) mass is 299 g/mol. The van der Waals surface area contributed by atoms with Crippen LogP contribution in [0.1, 0.15) is 35.8 Å². The van der Waals surface area contributed by atoms with E-state index in [2.05, 4.69) is 42.7 Å². The lowest BCUT2D eigenvalue weighted by atomic mass is 10.0. The van der Waals surface area contributed by atoms with Gasteiger partial charge >= 0.3 is 0 Å². The Morgan fingerprint density at radius 1 is 1.24 bits per heavy atom. The van der Waals surface area contributed by atoms with E-state index in [1.807, 2.05) is 24.3 Å². The zero-order chi connectivity index (χ0) is 15.1. The minimum atomic E-state index is -0.0421. The van der Waals surface area contributed by atoms with Crippen molar-refractivity contribution in [2.24, 2.45) is 0 Å². The standard InChI is InChI=1S/C18H21NOS/c1-14(2)16-8-5-15(6-9-16)7-10-18(20)19-12-11-17-4-3-13-21-17/h3-10,13-14H,11-12H2,1-2H3,(H,19,20)/b10-7+. The lowest BCUT2D eigenvalue weighted by Gasteiger charge is -2.04. The van der Waals surface area contributed by atoms with Crippen molar-refractivity contribution < 1.29 is 4.79 Å². The summed E-state index contributed by atoms with van der Waals surface area (Å²) >= 11 is 1.72. The number of amides is 1. The first-order chi connectivity index (χ1) is 10.1. The number of carbonyl (C=O) groups is 1. The summed E-state index contributed by atoms with van der Waals surface area (Å²) in [5.74, 6) is 0.489. The summed E-state index contributed by atoms with van der Waals surface area (Å²) in [5, 5.41) is 4.96. The van der Waals surface area contributed by atoms with Gasteiger partial charge in [0.15, 0.2) is 0 Å². The molecule has 0 aliphatic rings. The van der Waals surface area contributed by atoms with Gasteiger partial charge in [-0.25, -0.2) is 0 Å². The van der Waals surface area contributed by atoms with Gasteiger partial charge in [0.2, 0.25) is 5.91 Å². The summed E-state index contributed by atoms with van der Waals surface area (Å²) in [4.78, 5) is 13.0. The van der Waals surface area contributed by atoms with E-state index in [1.165, 1.54) is 10.4 Å². The molecule has 3 heteroatoms. The third-order valence-electron chi connectivity index (χ3n) is 3.28. The fourth-order valence-electron chi connectivity index (χ4n) is 1.99. The Labute approximate surface area is 130 Å². The summed E-state index contributed by atoms with van der Waals surface area (Å²) < 4.78 is 0. The highest BCUT2D eigenvalue weighted by atomic mass is 32.1. The van der Waals surface area contributed by atoms with E-state index in [1.54, 1.807) is 17.4 Å². The van der Waals surface area contributed by atoms with E-state index in [0.29, 0.717) is 12.5 Å². The van der Waals surface area contributed by atoms with E-state index >= 15 is 0 Å². The van der Waals surface area contributed by atoms with Crippen molar-refractivity contribution in [2.75, 3.05) is 6.54 Å².